The molecule has 2 heterocycles. The van der Waals surface area contributed by atoms with Crippen molar-refractivity contribution in [1.29, 1.82) is 0 Å². The number of pyridine rings is 1. The number of hydrogen-bond acceptors (Lipinski definition) is 5. The Morgan fingerprint density at radius 2 is 1.67 bits per heavy atom. The van der Waals surface area contributed by atoms with E-state index in [1.54, 1.807) is 11.1 Å². The molecule has 0 unspecified atom stereocenters. The second-order valence-electron chi connectivity index (χ2n) is 9.81. The van der Waals surface area contributed by atoms with Gasteiger partial charge in [-0.15, -0.1) is 0 Å². The molecule has 36 heavy (non-hydrogen) atoms. The Morgan fingerprint density at radius 1 is 0.972 bits per heavy atom. The minimum Gasteiger partial charge on any atom is -0.445 e. The van der Waals surface area contributed by atoms with Crippen LogP contribution in [0, 0.1) is 0 Å². The Kier molecular flexibility index (Phi) is 7.88. The quantitative estimate of drug-likeness (QED) is 0.387. The van der Waals surface area contributed by atoms with E-state index < -0.39 is 11.7 Å². The molecule has 3 aromatic rings. The van der Waals surface area contributed by atoms with Gasteiger partial charge in [0.1, 0.15) is 18.0 Å². The summed E-state index contributed by atoms with van der Waals surface area (Å²) < 4.78 is 11.4. The van der Waals surface area contributed by atoms with Crippen molar-refractivity contribution in [3.05, 3.63) is 90.1 Å². The van der Waals surface area contributed by atoms with E-state index in [-0.39, 0.29) is 18.7 Å². The van der Waals surface area contributed by atoms with Crippen LogP contribution in [-0.2, 0) is 16.1 Å². The SMILES string of the molecule is CC(C)(C)OC(=O)N(c1ccccc1)c1ncccc1[C@H]1CCCCN1C(=O)OCc1ccccc1. The van der Waals surface area contributed by atoms with Gasteiger partial charge in [0.2, 0.25) is 0 Å². The molecule has 0 aliphatic carbocycles. The van der Waals surface area contributed by atoms with Gasteiger partial charge in [0, 0.05) is 18.3 Å². The van der Waals surface area contributed by atoms with Crippen molar-refractivity contribution >= 4 is 23.7 Å². The number of piperidine rings is 1. The summed E-state index contributed by atoms with van der Waals surface area (Å²) in [6.45, 7) is 6.28. The van der Waals surface area contributed by atoms with E-state index in [0.29, 0.717) is 18.1 Å². The standard InChI is InChI=1S/C29H33N3O4/c1-29(2,3)36-28(34)32(23-15-8-5-9-16-23)26-24(17-12-19-30-26)25-18-10-11-20-31(25)27(33)35-21-22-13-6-4-7-14-22/h4-9,12-17,19,25H,10-11,18,20-21H2,1-3H3/t25-/m1/s1. The van der Waals surface area contributed by atoms with Crippen molar-refractivity contribution in [3.8, 4) is 0 Å². The number of hydrogen-bond donors (Lipinski definition) is 0. The van der Waals surface area contributed by atoms with Gasteiger partial charge in [0.25, 0.3) is 0 Å². The Hall–Kier alpha value is -3.87. The molecule has 7 nitrogen and oxygen atoms in total. The van der Waals surface area contributed by atoms with Crippen LogP contribution in [0.2, 0.25) is 0 Å². The molecule has 0 spiro atoms. The first kappa shape index (κ1) is 25.2. The zero-order valence-electron chi connectivity index (χ0n) is 21.1. The molecule has 7 heteroatoms. The Labute approximate surface area is 212 Å². The molecule has 2 aromatic carbocycles. The lowest BCUT2D eigenvalue weighted by molar-refractivity contribution is 0.0596. The van der Waals surface area contributed by atoms with Crippen LogP contribution in [0.15, 0.2) is 79.0 Å². The zero-order chi connectivity index (χ0) is 25.5. The van der Waals surface area contributed by atoms with Gasteiger partial charge in [-0.3, -0.25) is 0 Å². The van der Waals surface area contributed by atoms with Gasteiger partial charge in [-0.05, 0) is 63.8 Å². The molecule has 0 N–H and O–H groups in total. The molecule has 4 rings (SSSR count). The van der Waals surface area contributed by atoms with Crippen molar-refractivity contribution in [2.24, 2.45) is 0 Å². The lowest BCUT2D eigenvalue weighted by Crippen LogP contribution is -2.40. The maximum absolute atomic E-state index is 13.4. The number of carbonyl (C=O) groups is 2. The number of rotatable bonds is 5. The lowest BCUT2D eigenvalue weighted by atomic mass is 9.95. The van der Waals surface area contributed by atoms with Gasteiger partial charge in [0.05, 0.1) is 11.7 Å². The molecule has 0 saturated carbocycles. The zero-order valence-corrected chi connectivity index (χ0v) is 21.1. The number of amides is 2. The third kappa shape index (κ3) is 6.22. The minimum atomic E-state index is -0.683. The van der Waals surface area contributed by atoms with Gasteiger partial charge in [-0.25, -0.2) is 19.5 Å². The summed E-state index contributed by atoms with van der Waals surface area (Å²) in [5.41, 5.74) is 1.67. The number of nitrogens with zero attached hydrogens (tertiary/aromatic N) is 3. The van der Waals surface area contributed by atoms with Gasteiger partial charge in [0.15, 0.2) is 0 Å². The Balaban J connectivity index is 1.66. The summed E-state index contributed by atoms with van der Waals surface area (Å²) in [7, 11) is 0. The molecule has 1 aromatic heterocycles. The van der Waals surface area contributed by atoms with Crippen molar-refractivity contribution in [3.63, 3.8) is 0 Å². The van der Waals surface area contributed by atoms with Crippen molar-refractivity contribution in [2.75, 3.05) is 11.4 Å². The summed E-state index contributed by atoms with van der Waals surface area (Å²) in [6, 6.07) is 22.4. The molecule has 1 fully saturated rings. The number of aromatic nitrogens is 1. The summed E-state index contributed by atoms with van der Waals surface area (Å²) in [6.07, 6.45) is 3.35. The average Bonchev–Trinajstić information content (AvgIpc) is 2.88. The summed E-state index contributed by atoms with van der Waals surface area (Å²) in [5, 5.41) is 0. The summed E-state index contributed by atoms with van der Waals surface area (Å²) >= 11 is 0. The smallest absolute Gasteiger partial charge is 0.420 e. The van der Waals surface area contributed by atoms with E-state index in [4.69, 9.17) is 9.47 Å². The van der Waals surface area contributed by atoms with E-state index >= 15 is 0 Å². The third-order valence-electron chi connectivity index (χ3n) is 5.92. The average molecular weight is 488 g/mol. The topological polar surface area (TPSA) is 72.0 Å². The fourth-order valence-electron chi connectivity index (χ4n) is 4.33. The van der Waals surface area contributed by atoms with Crippen LogP contribution in [0.25, 0.3) is 0 Å². The molecule has 1 atom stereocenters. The molecule has 1 aliphatic heterocycles. The largest absolute Gasteiger partial charge is 0.445 e. The monoisotopic (exact) mass is 487 g/mol. The van der Waals surface area contributed by atoms with Gasteiger partial charge in [-0.2, -0.15) is 0 Å². The molecule has 0 radical (unpaired) electrons. The van der Waals surface area contributed by atoms with Crippen LogP contribution < -0.4 is 4.90 Å². The predicted molar refractivity (Wildman–Crippen MR) is 139 cm³/mol. The van der Waals surface area contributed by atoms with Crippen LogP contribution in [-0.4, -0.2) is 34.2 Å². The molecule has 0 bridgehead atoms. The third-order valence-corrected chi connectivity index (χ3v) is 5.92. The first-order valence-electron chi connectivity index (χ1n) is 12.3. The number of anilines is 2. The first-order chi connectivity index (χ1) is 17.3. The van der Waals surface area contributed by atoms with Gasteiger partial charge in [-0.1, -0.05) is 54.6 Å². The molecule has 188 valence electrons. The molecule has 1 saturated heterocycles. The molecule has 1 aliphatic rings. The molecular weight excluding hydrogens is 454 g/mol. The number of para-hydroxylation sites is 1. The lowest BCUT2D eigenvalue weighted by Gasteiger charge is -2.37. The molecule has 2 amide bonds. The van der Waals surface area contributed by atoms with Crippen molar-refractivity contribution in [1.82, 2.24) is 9.88 Å². The highest BCUT2D eigenvalue weighted by Gasteiger charge is 2.35. The minimum absolute atomic E-state index is 0.205. The number of carbonyl (C=O) groups excluding carboxylic acids is 2. The summed E-state index contributed by atoms with van der Waals surface area (Å²) in [4.78, 5) is 34.5. The van der Waals surface area contributed by atoms with Crippen molar-refractivity contribution < 1.29 is 19.1 Å². The predicted octanol–water partition coefficient (Wildman–Crippen LogP) is 7.02. The van der Waals surface area contributed by atoms with E-state index in [2.05, 4.69) is 4.98 Å². The summed E-state index contributed by atoms with van der Waals surface area (Å²) in [5.74, 6) is 0.450. The van der Waals surface area contributed by atoms with Crippen LogP contribution in [0.4, 0.5) is 21.1 Å². The fraction of sp³-hybridized carbons (Fsp3) is 0.345. The fourth-order valence-corrected chi connectivity index (χ4v) is 4.33. The van der Waals surface area contributed by atoms with Crippen LogP contribution in [0.5, 0.6) is 0 Å². The Bertz CT molecular complexity index is 1160. The number of benzene rings is 2. The normalized spacial score (nSPS) is 15.8. The van der Waals surface area contributed by atoms with Crippen LogP contribution >= 0.6 is 0 Å². The van der Waals surface area contributed by atoms with Gasteiger partial charge >= 0.3 is 12.2 Å². The van der Waals surface area contributed by atoms with E-state index in [1.165, 1.54) is 4.90 Å². The van der Waals surface area contributed by atoms with Gasteiger partial charge < -0.3 is 14.4 Å². The van der Waals surface area contributed by atoms with Crippen LogP contribution in [0.3, 0.4) is 0 Å². The van der Waals surface area contributed by atoms with Crippen molar-refractivity contribution in [2.45, 2.75) is 58.3 Å². The second kappa shape index (κ2) is 11.2. The first-order valence-corrected chi connectivity index (χ1v) is 12.3. The number of ether oxygens (including phenoxy) is 2. The van der Waals surface area contributed by atoms with E-state index in [0.717, 1.165) is 30.4 Å². The Morgan fingerprint density at radius 3 is 2.36 bits per heavy atom. The number of likely N-dealkylation sites (tertiary alicyclic amines) is 1. The van der Waals surface area contributed by atoms with E-state index in [1.807, 2.05) is 93.6 Å². The van der Waals surface area contributed by atoms with Crippen LogP contribution in [0.1, 0.15) is 57.2 Å². The maximum Gasteiger partial charge on any atom is 0.420 e. The highest BCUT2D eigenvalue weighted by atomic mass is 16.6. The highest BCUT2D eigenvalue weighted by molar-refractivity contribution is 5.96. The highest BCUT2D eigenvalue weighted by Crippen LogP contribution is 2.38. The maximum atomic E-state index is 13.4. The second-order valence-corrected chi connectivity index (χ2v) is 9.81. The van der Waals surface area contributed by atoms with E-state index in [9.17, 15) is 9.59 Å². The molecular formula is C29H33N3O4.